The maximum absolute atomic E-state index is 15.6. The number of urea groups is 1. The monoisotopic (exact) mass is 560 g/mol. The van der Waals surface area contributed by atoms with E-state index in [1.54, 1.807) is 19.1 Å². The van der Waals surface area contributed by atoms with Crippen LogP contribution in [0.3, 0.4) is 0 Å². The summed E-state index contributed by atoms with van der Waals surface area (Å²) >= 11 is -1.75. The normalized spacial score (nSPS) is 15.9. The summed E-state index contributed by atoms with van der Waals surface area (Å²) < 4.78 is 17.1. The fourth-order valence-corrected chi connectivity index (χ4v) is 12.0. The quantitative estimate of drug-likeness (QED) is 0.299. The molecule has 7 nitrogen and oxygen atoms in total. The average Bonchev–Trinajstić information content (AvgIpc) is 2.84. The minimum atomic E-state index is -1.75. The van der Waals surface area contributed by atoms with E-state index in [2.05, 4.69) is 34.4 Å². The van der Waals surface area contributed by atoms with Crippen molar-refractivity contribution in [2.24, 2.45) is 5.92 Å². The minimum absolute atomic E-state index is 0.158. The second-order valence-corrected chi connectivity index (χ2v) is 15.3. The van der Waals surface area contributed by atoms with Gasteiger partial charge in [0.25, 0.3) is 0 Å². The molecule has 0 saturated heterocycles. The van der Waals surface area contributed by atoms with Gasteiger partial charge in [-0.2, -0.15) is 0 Å². The van der Waals surface area contributed by atoms with Gasteiger partial charge in [0.15, 0.2) is 0 Å². The predicted molar refractivity (Wildman–Crippen MR) is 143 cm³/mol. The topological polar surface area (TPSA) is 104 Å². The van der Waals surface area contributed by atoms with E-state index in [0.717, 1.165) is 22.4 Å². The first-order valence-corrected chi connectivity index (χ1v) is 16.2. The molecular formula is C27H38AsFN4O3. The first-order valence-electron chi connectivity index (χ1n) is 12.9. The molecule has 1 aliphatic rings. The fourth-order valence-electron chi connectivity index (χ4n) is 4.89. The Bertz CT molecular complexity index is 1040. The number of rotatable bonds is 10. The Hall–Kier alpha value is -2.47. The molecule has 1 aromatic carbocycles. The zero-order chi connectivity index (χ0) is 26.2. The van der Waals surface area contributed by atoms with Crippen molar-refractivity contribution in [3.05, 3.63) is 41.7 Å². The molecule has 0 radical (unpaired) electrons. The molecule has 0 bridgehead atoms. The summed E-state index contributed by atoms with van der Waals surface area (Å²) in [5.74, 6) is -0.727. The van der Waals surface area contributed by atoms with Crippen molar-refractivity contribution in [1.29, 1.82) is 0 Å². The van der Waals surface area contributed by atoms with Crippen LogP contribution in [0.5, 0.6) is 0 Å². The molecule has 2 aromatic rings. The molecule has 3 N–H and O–H groups in total. The van der Waals surface area contributed by atoms with Gasteiger partial charge < -0.3 is 0 Å². The zero-order valence-electron chi connectivity index (χ0n) is 21.7. The van der Waals surface area contributed by atoms with E-state index >= 15 is 4.39 Å². The maximum atomic E-state index is 15.6. The van der Waals surface area contributed by atoms with E-state index in [4.69, 9.17) is 0 Å². The summed E-state index contributed by atoms with van der Waals surface area (Å²) in [7, 11) is 0. The van der Waals surface area contributed by atoms with Crippen LogP contribution in [0.25, 0.3) is 0 Å². The van der Waals surface area contributed by atoms with Crippen LogP contribution in [0.15, 0.2) is 24.5 Å². The first kappa shape index (κ1) is 28.1. The number of carbonyl (C=O) groups is 2. The third kappa shape index (κ3) is 7.76. The number of carbonyl (C=O) groups excluding carboxylic acids is 1. The van der Waals surface area contributed by atoms with E-state index in [-0.39, 0.29) is 12.2 Å². The Morgan fingerprint density at radius 2 is 1.81 bits per heavy atom. The molecule has 1 heterocycles. The van der Waals surface area contributed by atoms with Crippen molar-refractivity contribution >= 4 is 42.4 Å². The molecule has 3 rings (SSSR count). The predicted octanol–water partition coefficient (Wildman–Crippen LogP) is 6.23. The van der Waals surface area contributed by atoms with E-state index in [1.807, 2.05) is 6.92 Å². The zero-order valence-corrected chi connectivity index (χ0v) is 23.6. The summed E-state index contributed by atoms with van der Waals surface area (Å²) in [5, 5.41) is 16.2. The summed E-state index contributed by atoms with van der Waals surface area (Å²) in [6.45, 7) is 8.03. The summed E-state index contributed by atoms with van der Waals surface area (Å²) in [5.41, 5.74) is 1.41. The molecule has 2 unspecified atom stereocenters. The van der Waals surface area contributed by atoms with E-state index in [9.17, 15) is 14.7 Å². The molecule has 1 aromatic heterocycles. The molecule has 196 valence electrons. The number of carboxylic acids is 1. The van der Waals surface area contributed by atoms with Crippen LogP contribution in [0.4, 0.5) is 20.6 Å². The van der Waals surface area contributed by atoms with Gasteiger partial charge in [-0.05, 0) is 0 Å². The van der Waals surface area contributed by atoms with E-state index in [1.165, 1.54) is 31.7 Å². The standard InChI is InChI=1S/C27H38AsFN4O3/c1-5-19(11-26(34)35)22-12-25(33-27(36)32-21-15-30-18(4)31-16-21)23(13-24(22)29)28(14-17(2)3)20-9-7-6-8-10-20/h12-13,15-17,19-20H,5-11,14H2,1-4H3,(H,34,35)(H2,32,33,36). The van der Waals surface area contributed by atoms with Crippen LogP contribution in [0, 0.1) is 18.7 Å². The van der Waals surface area contributed by atoms with Crippen molar-refractivity contribution < 1.29 is 19.1 Å². The Balaban J connectivity index is 2.02. The number of aromatic nitrogens is 2. The van der Waals surface area contributed by atoms with Gasteiger partial charge in [0.1, 0.15) is 0 Å². The van der Waals surface area contributed by atoms with Crippen molar-refractivity contribution in [1.82, 2.24) is 9.97 Å². The molecule has 1 aliphatic carbocycles. The summed E-state index contributed by atoms with van der Waals surface area (Å²) in [4.78, 5) is 32.7. The molecule has 2 atom stereocenters. The van der Waals surface area contributed by atoms with Crippen LogP contribution in [0.2, 0.25) is 9.91 Å². The van der Waals surface area contributed by atoms with Gasteiger partial charge in [-0.15, -0.1) is 0 Å². The van der Waals surface area contributed by atoms with Crippen LogP contribution in [-0.2, 0) is 4.79 Å². The molecule has 1 fully saturated rings. The second kappa shape index (κ2) is 13.2. The van der Waals surface area contributed by atoms with Gasteiger partial charge in [0.05, 0.1) is 0 Å². The average molecular weight is 561 g/mol. The van der Waals surface area contributed by atoms with E-state index in [0.29, 0.717) is 39.8 Å². The molecule has 1 saturated carbocycles. The number of nitrogens with zero attached hydrogens (tertiary/aromatic N) is 2. The summed E-state index contributed by atoms with van der Waals surface area (Å²) in [6.07, 6.45) is 9.35. The third-order valence-electron chi connectivity index (χ3n) is 6.64. The van der Waals surface area contributed by atoms with Gasteiger partial charge in [0, 0.05) is 0 Å². The Kier molecular flexibility index (Phi) is 10.3. The Morgan fingerprint density at radius 3 is 2.39 bits per heavy atom. The third-order valence-corrected chi connectivity index (χ3v) is 14.0. The molecule has 9 heteroatoms. The number of amides is 2. The van der Waals surface area contributed by atoms with Gasteiger partial charge >= 0.3 is 218 Å². The number of halogens is 1. The Morgan fingerprint density at radius 1 is 1.14 bits per heavy atom. The Labute approximate surface area is 218 Å². The van der Waals surface area contributed by atoms with Crippen molar-refractivity contribution in [3.8, 4) is 0 Å². The van der Waals surface area contributed by atoms with Crippen LogP contribution in [-0.4, -0.2) is 41.7 Å². The van der Waals surface area contributed by atoms with E-state index < -0.39 is 32.6 Å². The van der Waals surface area contributed by atoms with Crippen LogP contribution in [0.1, 0.15) is 83.0 Å². The van der Waals surface area contributed by atoms with Crippen molar-refractivity contribution in [2.75, 3.05) is 10.6 Å². The van der Waals surface area contributed by atoms with Crippen LogP contribution < -0.4 is 15.0 Å². The molecule has 0 spiro atoms. The van der Waals surface area contributed by atoms with Gasteiger partial charge in [0.2, 0.25) is 0 Å². The van der Waals surface area contributed by atoms with Crippen molar-refractivity contribution in [2.45, 2.75) is 88.5 Å². The number of anilines is 2. The molecule has 0 aliphatic heterocycles. The summed E-state index contributed by atoms with van der Waals surface area (Å²) in [6, 6.07) is 2.86. The fraction of sp³-hybridized carbons (Fsp3) is 0.556. The van der Waals surface area contributed by atoms with Gasteiger partial charge in [-0.3, -0.25) is 0 Å². The number of benzene rings is 1. The number of carboxylic acid groups (broad SMARTS) is 1. The molecule has 36 heavy (non-hydrogen) atoms. The number of aliphatic carboxylic acids is 1. The van der Waals surface area contributed by atoms with Gasteiger partial charge in [-0.25, -0.2) is 0 Å². The SMILES string of the molecule is CCC(CC(=O)O)c1cc(NC(=O)Nc2cnc(C)nc2)c([As](CC(C)C)C2CCCCC2)cc1F. The van der Waals surface area contributed by atoms with Crippen molar-refractivity contribution in [3.63, 3.8) is 0 Å². The molecular weight excluding hydrogens is 522 g/mol. The first-order chi connectivity index (χ1) is 17.2. The molecule has 2 amide bonds. The number of hydrogen-bond acceptors (Lipinski definition) is 4. The number of aryl methyl sites for hydroxylation is 1. The van der Waals surface area contributed by atoms with Crippen LogP contribution >= 0.6 is 0 Å². The second-order valence-electron chi connectivity index (χ2n) is 10.0. The number of nitrogens with one attached hydrogen (secondary N) is 2. The van der Waals surface area contributed by atoms with Gasteiger partial charge in [-0.1, -0.05) is 0 Å². The number of hydrogen-bond donors (Lipinski definition) is 3.